The van der Waals surface area contributed by atoms with Crippen molar-refractivity contribution in [2.24, 2.45) is 7.05 Å². The Morgan fingerprint density at radius 1 is 1.15 bits per heavy atom. The molecule has 10 heteroatoms. The lowest BCUT2D eigenvalue weighted by atomic mass is 10.1. The molecule has 1 N–H and O–H groups in total. The van der Waals surface area contributed by atoms with Gasteiger partial charge in [0.25, 0.3) is 5.56 Å². The third-order valence-electron chi connectivity index (χ3n) is 6.00. The molecular weight excluding hydrogens is 436 g/mol. The standard InChI is InChI=1S/C24H30N6O4/c1-16(2)9-12-29-20-21(26-23(29)28-13-10-25-11-14-28)27(3)24(33)30(22(20)32)15-18(31)17-7-5-6-8-19(17)34-4/h5-9,25H,10-15H2,1-4H3. The molecule has 0 spiro atoms. The number of imidazole rings is 1. The predicted octanol–water partition coefficient (Wildman–Crippen LogP) is 1.16. The summed E-state index contributed by atoms with van der Waals surface area (Å²) in [6, 6.07) is 6.77. The van der Waals surface area contributed by atoms with E-state index in [1.165, 1.54) is 11.7 Å². The van der Waals surface area contributed by atoms with Crippen molar-refractivity contribution in [3.05, 3.63) is 62.3 Å². The van der Waals surface area contributed by atoms with Gasteiger partial charge in [0.05, 0.1) is 19.2 Å². The van der Waals surface area contributed by atoms with Crippen LogP contribution in [0.3, 0.4) is 0 Å². The minimum absolute atomic E-state index is 0.306. The number of anilines is 1. The molecule has 0 aliphatic carbocycles. The zero-order valence-corrected chi connectivity index (χ0v) is 20.0. The van der Waals surface area contributed by atoms with Gasteiger partial charge in [0.1, 0.15) is 5.75 Å². The molecule has 1 fully saturated rings. The average Bonchev–Trinajstić information content (AvgIpc) is 3.24. The van der Waals surface area contributed by atoms with Crippen molar-refractivity contribution < 1.29 is 9.53 Å². The smallest absolute Gasteiger partial charge is 0.332 e. The molecule has 4 rings (SSSR count). The first-order valence-electron chi connectivity index (χ1n) is 11.3. The third kappa shape index (κ3) is 4.28. The van der Waals surface area contributed by atoms with Crippen molar-refractivity contribution in [2.45, 2.75) is 26.9 Å². The summed E-state index contributed by atoms with van der Waals surface area (Å²) in [5, 5.41) is 3.32. The van der Waals surface area contributed by atoms with E-state index in [-0.39, 0.29) is 5.78 Å². The molecule has 0 saturated carbocycles. The number of carbonyl (C=O) groups excluding carboxylic acids is 1. The maximum Gasteiger partial charge on any atom is 0.332 e. The number of piperazine rings is 1. The lowest BCUT2D eigenvalue weighted by Crippen LogP contribution is -2.44. The lowest BCUT2D eigenvalue weighted by molar-refractivity contribution is 0.0966. The molecule has 180 valence electrons. The van der Waals surface area contributed by atoms with Gasteiger partial charge in [-0.15, -0.1) is 0 Å². The first-order valence-corrected chi connectivity index (χ1v) is 11.3. The molecule has 3 heterocycles. The zero-order chi connectivity index (χ0) is 24.4. The van der Waals surface area contributed by atoms with Gasteiger partial charge < -0.3 is 19.5 Å². The Labute approximate surface area is 197 Å². The van der Waals surface area contributed by atoms with Crippen LogP contribution in [-0.4, -0.2) is 57.8 Å². The van der Waals surface area contributed by atoms with Crippen molar-refractivity contribution >= 4 is 22.9 Å². The van der Waals surface area contributed by atoms with Gasteiger partial charge in [-0.25, -0.2) is 4.79 Å². The van der Waals surface area contributed by atoms with Crippen molar-refractivity contribution in [2.75, 3.05) is 38.2 Å². The van der Waals surface area contributed by atoms with Gasteiger partial charge in [-0.1, -0.05) is 23.8 Å². The summed E-state index contributed by atoms with van der Waals surface area (Å²) in [6.45, 7) is 7.13. The van der Waals surface area contributed by atoms with Crippen LogP contribution >= 0.6 is 0 Å². The molecule has 3 aromatic rings. The van der Waals surface area contributed by atoms with Crippen molar-refractivity contribution in [3.63, 3.8) is 0 Å². The van der Waals surface area contributed by atoms with Gasteiger partial charge in [-0.3, -0.25) is 18.7 Å². The Bertz CT molecular complexity index is 1370. The molecule has 34 heavy (non-hydrogen) atoms. The molecule has 1 aliphatic heterocycles. The number of rotatable bonds is 7. The number of hydrogen-bond acceptors (Lipinski definition) is 7. The van der Waals surface area contributed by atoms with Crippen LogP contribution in [0.15, 0.2) is 45.5 Å². The number of methoxy groups -OCH3 is 1. The Kier molecular flexibility index (Phi) is 6.69. The number of para-hydroxylation sites is 1. The Morgan fingerprint density at radius 2 is 1.85 bits per heavy atom. The van der Waals surface area contributed by atoms with Crippen LogP contribution in [-0.2, 0) is 20.1 Å². The number of nitrogens with zero attached hydrogens (tertiary/aromatic N) is 5. The second-order valence-electron chi connectivity index (χ2n) is 8.57. The minimum Gasteiger partial charge on any atom is -0.496 e. The van der Waals surface area contributed by atoms with E-state index >= 15 is 0 Å². The topological polar surface area (TPSA) is 103 Å². The van der Waals surface area contributed by atoms with Crippen LogP contribution in [0.2, 0.25) is 0 Å². The minimum atomic E-state index is -0.584. The van der Waals surface area contributed by atoms with Crippen LogP contribution in [0.4, 0.5) is 5.95 Å². The van der Waals surface area contributed by atoms with Crippen LogP contribution in [0.1, 0.15) is 24.2 Å². The highest BCUT2D eigenvalue weighted by Crippen LogP contribution is 2.21. The number of allylic oxidation sites excluding steroid dienone is 2. The highest BCUT2D eigenvalue weighted by Gasteiger charge is 2.25. The zero-order valence-electron chi connectivity index (χ0n) is 20.0. The summed E-state index contributed by atoms with van der Waals surface area (Å²) in [7, 11) is 3.05. The van der Waals surface area contributed by atoms with Gasteiger partial charge in [0.2, 0.25) is 5.95 Å². The number of ketones is 1. The summed E-state index contributed by atoms with van der Waals surface area (Å²) in [5.41, 5.74) is 0.924. The molecule has 0 bridgehead atoms. The molecule has 2 aromatic heterocycles. The first-order chi connectivity index (χ1) is 16.3. The molecule has 1 aromatic carbocycles. The van der Waals surface area contributed by atoms with E-state index in [4.69, 9.17) is 9.72 Å². The lowest BCUT2D eigenvalue weighted by Gasteiger charge is -2.28. The van der Waals surface area contributed by atoms with Gasteiger partial charge in [0.15, 0.2) is 16.9 Å². The maximum absolute atomic E-state index is 13.6. The number of aromatic nitrogens is 4. The number of benzene rings is 1. The highest BCUT2D eigenvalue weighted by atomic mass is 16.5. The van der Waals surface area contributed by atoms with Crippen LogP contribution < -0.4 is 26.2 Å². The van der Waals surface area contributed by atoms with Gasteiger partial charge in [0, 0.05) is 39.8 Å². The number of Topliss-reactive ketones (excluding diaryl/α,β-unsaturated/α-hetero) is 1. The molecule has 1 aliphatic rings. The summed E-state index contributed by atoms with van der Waals surface area (Å²) < 4.78 is 9.46. The molecule has 0 radical (unpaired) electrons. The van der Waals surface area contributed by atoms with Crippen LogP contribution in [0, 0.1) is 0 Å². The number of aryl methyl sites for hydroxylation is 1. The van der Waals surface area contributed by atoms with Gasteiger partial charge in [-0.05, 0) is 26.0 Å². The van der Waals surface area contributed by atoms with Crippen LogP contribution in [0.5, 0.6) is 5.75 Å². The molecule has 0 unspecified atom stereocenters. The first kappa shape index (κ1) is 23.5. The van der Waals surface area contributed by atoms with E-state index in [9.17, 15) is 14.4 Å². The average molecular weight is 467 g/mol. The normalized spacial score (nSPS) is 13.8. The summed E-state index contributed by atoms with van der Waals surface area (Å²) in [6.07, 6.45) is 2.02. The fraction of sp³-hybridized carbons (Fsp3) is 0.417. The van der Waals surface area contributed by atoms with E-state index in [2.05, 4.69) is 10.2 Å². The second-order valence-corrected chi connectivity index (χ2v) is 8.57. The fourth-order valence-electron chi connectivity index (χ4n) is 4.16. The number of nitrogens with one attached hydrogen (secondary N) is 1. The Balaban J connectivity index is 1.88. The molecule has 0 atom stereocenters. The van der Waals surface area contributed by atoms with Crippen molar-refractivity contribution in [3.8, 4) is 5.75 Å². The monoisotopic (exact) mass is 466 g/mol. The van der Waals surface area contributed by atoms with Crippen molar-refractivity contribution in [1.82, 2.24) is 24.0 Å². The number of ether oxygens (including phenoxy) is 1. The molecule has 0 amide bonds. The summed E-state index contributed by atoms with van der Waals surface area (Å²) in [5.74, 6) is 0.664. The van der Waals surface area contributed by atoms with Crippen molar-refractivity contribution in [1.29, 1.82) is 0 Å². The number of hydrogen-bond donors (Lipinski definition) is 1. The number of fused-ring (bicyclic) bond motifs is 1. The SMILES string of the molecule is COc1ccccc1C(=O)Cn1c(=O)c2c(nc(N3CCNCC3)n2CC=C(C)C)n(C)c1=O. The van der Waals surface area contributed by atoms with E-state index in [1.807, 2.05) is 24.5 Å². The van der Waals surface area contributed by atoms with Gasteiger partial charge >= 0.3 is 5.69 Å². The predicted molar refractivity (Wildman–Crippen MR) is 131 cm³/mol. The quantitative estimate of drug-likeness (QED) is 0.412. The van der Waals surface area contributed by atoms with E-state index < -0.39 is 17.8 Å². The second kappa shape index (κ2) is 9.68. The molecular formula is C24H30N6O4. The molecule has 1 saturated heterocycles. The fourth-order valence-corrected chi connectivity index (χ4v) is 4.16. The largest absolute Gasteiger partial charge is 0.496 e. The van der Waals surface area contributed by atoms with E-state index in [0.717, 1.165) is 36.3 Å². The van der Waals surface area contributed by atoms with Gasteiger partial charge in [-0.2, -0.15) is 4.98 Å². The van der Waals surface area contributed by atoms with E-state index in [0.29, 0.717) is 35.0 Å². The summed E-state index contributed by atoms with van der Waals surface area (Å²) in [4.78, 5) is 46.7. The maximum atomic E-state index is 13.6. The third-order valence-corrected chi connectivity index (χ3v) is 6.00. The summed E-state index contributed by atoms with van der Waals surface area (Å²) >= 11 is 0. The number of carbonyl (C=O) groups is 1. The van der Waals surface area contributed by atoms with E-state index in [1.54, 1.807) is 31.3 Å². The van der Waals surface area contributed by atoms with Crippen LogP contribution in [0.25, 0.3) is 11.2 Å². The highest BCUT2D eigenvalue weighted by molar-refractivity contribution is 5.98. The Hall–Kier alpha value is -3.66. The Morgan fingerprint density at radius 3 is 2.53 bits per heavy atom. The molecule has 10 nitrogen and oxygen atoms in total.